The Hall–Kier alpha value is -1.61. The molecule has 0 radical (unpaired) electrons. The van der Waals surface area contributed by atoms with Crippen molar-refractivity contribution in [2.45, 2.75) is 38.4 Å². The van der Waals surface area contributed by atoms with E-state index in [9.17, 15) is 22.8 Å². The number of rotatable bonds is 6. The van der Waals surface area contributed by atoms with Gasteiger partial charge in [0.25, 0.3) is 5.91 Å². The molecule has 1 fully saturated rings. The molecule has 0 aromatic heterocycles. The van der Waals surface area contributed by atoms with E-state index in [2.05, 4.69) is 26.6 Å². The summed E-state index contributed by atoms with van der Waals surface area (Å²) in [4.78, 5) is 26.0. The lowest BCUT2D eigenvalue weighted by Crippen LogP contribution is -2.56. The molecule has 0 spiro atoms. The van der Waals surface area contributed by atoms with Crippen LogP contribution in [0.25, 0.3) is 0 Å². The van der Waals surface area contributed by atoms with Gasteiger partial charge in [0.2, 0.25) is 5.91 Å². The minimum atomic E-state index is -4.50. The van der Waals surface area contributed by atoms with Crippen LogP contribution in [0.2, 0.25) is 0 Å². The molecule has 1 saturated heterocycles. The summed E-state index contributed by atoms with van der Waals surface area (Å²) in [5.41, 5.74) is -1.67. The van der Waals surface area contributed by atoms with Crippen LogP contribution >= 0.6 is 15.9 Å². The topological polar surface area (TPSA) is 61.4 Å². The van der Waals surface area contributed by atoms with Gasteiger partial charge in [-0.15, -0.1) is 0 Å². The molecule has 0 aliphatic carbocycles. The van der Waals surface area contributed by atoms with Crippen LogP contribution in [-0.4, -0.2) is 54.6 Å². The molecule has 156 valence electrons. The van der Waals surface area contributed by atoms with Gasteiger partial charge in [-0.05, 0) is 63.9 Å². The maximum absolute atomic E-state index is 12.9. The molecule has 1 aromatic rings. The fourth-order valence-electron chi connectivity index (χ4n) is 2.98. The molecule has 0 bridgehead atoms. The number of amides is 2. The van der Waals surface area contributed by atoms with Crippen LogP contribution in [0.5, 0.6) is 0 Å². The zero-order valence-electron chi connectivity index (χ0n) is 15.9. The van der Waals surface area contributed by atoms with Gasteiger partial charge in [-0.1, -0.05) is 22.0 Å². The summed E-state index contributed by atoms with van der Waals surface area (Å²) in [5.74, 6) is -0.497. The van der Waals surface area contributed by atoms with Crippen LogP contribution in [0.15, 0.2) is 28.7 Å². The highest BCUT2D eigenvalue weighted by atomic mass is 79.9. The Morgan fingerprint density at radius 2 is 1.86 bits per heavy atom. The lowest BCUT2D eigenvalue weighted by atomic mass is 9.96. The first kappa shape index (κ1) is 22.7. The molecule has 1 heterocycles. The lowest BCUT2D eigenvalue weighted by molar-refractivity contribution is -0.188. The van der Waals surface area contributed by atoms with Gasteiger partial charge in [-0.2, -0.15) is 13.2 Å². The molecule has 1 aliphatic rings. The van der Waals surface area contributed by atoms with Crippen LogP contribution in [0.4, 0.5) is 13.2 Å². The number of hydrogen-bond acceptors (Lipinski definition) is 3. The second-order valence-electron chi connectivity index (χ2n) is 7.61. The second kappa shape index (κ2) is 9.26. The summed E-state index contributed by atoms with van der Waals surface area (Å²) in [6.45, 7) is 3.59. The smallest absolute Gasteiger partial charge is 0.352 e. The molecule has 5 nitrogen and oxygen atoms in total. The van der Waals surface area contributed by atoms with Gasteiger partial charge < -0.3 is 10.6 Å². The summed E-state index contributed by atoms with van der Waals surface area (Å²) in [7, 11) is 0. The molecule has 1 aliphatic heterocycles. The fraction of sp³-hybridized carbons (Fsp3) is 0.579. The van der Waals surface area contributed by atoms with Crippen molar-refractivity contribution >= 4 is 27.7 Å². The van der Waals surface area contributed by atoms with Crippen molar-refractivity contribution in [3.8, 4) is 0 Å². The van der Waals surface area contributed by atoms with E-state index in [1.54, 1.807) is 18.2 Å². The first-order valence-corrected chi connectivity index (χ1v) is 9.91. The van der Waals surface area contributed by atoms with Crippen molar-refractivity contribution in [1.29, 1.82) is 0 Å². The molecule has 28 heavy (non-hydrogen) atoms. The van der Waals surface area contributed by atoms with Crippen LogP contribution < -0.4 is 10.6 Å². The Labute approximate surface area is 171 Å². The monoisotopic (exact) mass is 463 g/mol. The summed E-state index contributed by atoms with van der Waals surface area (Å²) in [6, 6.07) is 7.13. The minimum Gasteiger partial charge on any atom is -0.352 e. The molecular weight excluding hydrogens is 439 g/mol. The molecule has 2 amide bonds. The zero-order chi connectivity index (χ0) is 20.9. The zero-order valence-corrected chi connectivity index (χ0v) is 17.5. The standard InChI is InChI=1S/C19H25BrF3N3O2/c1-18(2,19(21,22)23)25-16(27)12-26-8-6-13(7-9-26)11-24-17(28)14-4-3-5-15(20)10-14/h3-5,10,13H,6-9,11-12H2,1-2H3,(H,24,28)(H,25,27). The highest BCUT2D eigenvalue weighted by Crippen LogP contribution is 2.29. The predicted octanol–water partition coefficient (Wildman–Crippen LogP) is 3.35. The Bertz CT molecular complexity index is 702. The van der Waals surface area contributed by atoms with Gasteiger partial charge in [-0.3, -0.25) is 14.5 Å². The number of carbonyl (C=O) groups is 2. The van der Waals surface area contributed by atoms with E-state index in [1.165, 1.54) is 0 Å². The normalized spacial score (nSPS) is 16.6. The maximum atomic E-state index is 12.9. The summed E-state index contributed by atoms with van der Waals surface area (Å²) in [5, 5.41) is 4.97. The second-order valence-corrected chi connectivity index (χ2v) is 8.53. The average molecular weight is 464 g/mol. The Balaban J connectivity index is 1.72. The van der Waals surface area contributed by atoms with Crippen LogP contribution in [0, 0.1) is 5.92 Å². The average Bonchev–Trinajstić information content (AvgIpc) is 2.59. The fourth-order valence-corrected chi connectivity index (χ4v) is 3.38. The number of benzene rings is 1. The summed E-state index contributed by atoms with van der Waals surface area (Å²) in [6.07, 6.45) is -2.95. The van der Waals surface area contributed by atoms with Crippen molar-refractivity contribution < 1.29 is 22.8 Å². The van der Waals surface area contributed by atoms with Crippen molar-refractivity contribution in [1.82, 2.24) is 15.5 Å². The third-order valence-corrected chi connectivity index (χ3v) is 5.37. The third-order valence-electron chi connectivity index (χ3n) is 4.87. The number of carbonyl (C=O) groups excluding carboxylic acids is 2. The molecule has 9 heteroatoms. The number of hydrogen-bond donors (Lipinski definition) is 2. The van der Waals surface area contributed by atoms with E-state index in [1.807, 2.05) is 11.0 Å². The van der Waals surface area contributed by atoms with Crippen LogP contribution in [0.3, 0.4) is 0 Å². The van der Waals surface area contributed by atoms with Crippen molar-refractivity contribution in [3.05, 3.63) is 34.3 Å². The van der Waals surface area contributed by atoms with Gasteiger partial charge in [0.05, 0.1) is 6.54 Å². The maximum Gasteiger partial charge on any atom is 0.410 e. The molecule has 0 atom stereocenters. The third kappa shape index (κ3) is 6.48. The summed E-state index contributed by atoms with van der Waals surface area (Å²) < 4.78 is 39.4. The molecule has 2 N–H and O–H groups in total. The van der Waals surface area contributed by atoms with Crippen molar-refractivity contribution in [2.24, 2.45) is 5.92 Å². The van der Waals surface area contributed by atoms with E-state index in [4.69, 9.17) is 0 Å². The van der Waals surface area contributed by atoms with E-state index >= 15 is 0 Å². The summed E-state index contributed by atoms with van der Waals surface area (Å²) >= 11 is 3.33. The first-order chi connectivity index (χ1) is 13.0. The van der Waals surface area contributed by atoms with Crippen molar-refractivity contribution in [3.63, 3.8) is 0 Å². The predicted molar refractivity (Wildman–Crippen MR) is 104 cm³/mol. The number of nitrogens with zero attached hydrogens (tertiary/aromatic N) is 1. The lowest BCUT2D eigenvalue weighted by Gasteiger charge is -2.33. The van der Waals surface area contributed by atoms with Crippen LogP contribution in [0.1, 0.15) is 37.0 Å². The van der Waals surface area contributed by atoms with E-state index in [0.29, 0.717) is 25.2 Å². The highest BCUT2D eigenvalue weighted by molar-refractivity contribution is 9.10. The van der Waals surface area contributed by atoms with Gasteiger partial charge >= 0.3 is 6.18 Å². The number of halogens is 4. The van der Waals surface area contributed by atoms with E-state index in [0.717, 1.165) is 31.2 Å². The quantitative estimate of drug-likeness (QED) is 0.679. The van der Waals surface area contributed by atoms with Gasteiger partial charge in [0.1, 0.15) is 5.54 Å². The number of nitrogens with one attached hydrogen (secondary N) is 2. The van der Waals surface area contributed by atoms with Crippen LogP contribution in [-0.2, 0) is 4.79 Å². The molecule has 1 aromatic carbocycles. The largest absolute Gasteiger partial charge is 0.410 e. The first-order valence-electron chi connectivity index (χ1n) is 9.12. The highest BCUT2D eigenvalue weighted by Gasteiger charge is 2.48. The number of alkyl halides is 3. The Morgan fingerprint density at radius 3 is 2.43 bits per heavy atom. The SMILES string of the molecule is CC(C)(NC(=O)CN1CCC(CNC(=O)c2cccc(Br)c2)CC1)C(F)(F)F. The molecule has 0 saturated carbocycles. The Morgan fingerprint density at radius 1 is 1.21 bits per heavy atom. The molecule has 0 unspecified atom stereocenters. The number of piperidine rings is 1. The molecular formula is C19H25BrF3N3O2. The Kier molecular flexibility index (Phi) is 7.50. The van der Waals surface area contributed by atoms with Crippen molar-refractivity contribution in [2.75, 3.05) is 26.2 Å². The number of likely N-dealkylation sites (tertiary alicyclic amines) is 1. The van der Waals surface area contributed by atoms with E-state index in [-0.39, 0.29) is 18.4 Å². The van der Waals surface area contributed by atoms with Gasteiger partial charge in [0, 0.05) is 16.6 Å². The van der Waals surface area contributed by atoms with Gasteiger partial charge in [0.15, 0.2) is 0 Å². The van der Waals surface area contributed by atoms with E-state index < -0.39 is 17.6 Å². The molecule has 2 rings (SSSR count). The van der Waals surface area contributed by atoms with Gasteiger partial charge in [-0.25, -0.2) is 0 Å². The minimum absolute atomic E-state index is 0.0589.